The molecule has 116 valence electrons. The molecule has 1 fully saturated rings. The largest absolute Gasteiger partial charge is 0.479 e. The maximum atomic E-state index is 12.8. The predicted octanol–water partition coefficient (Wildman–Crippen LogP) is 1.93. The smallest absolute Gasteiger partial charge is 0.422 e. The lowest BCUT2D eigenvalue weighted by Gasteiger charge is -2.39. The van der Waals surface area contributed by atoms with Gasteiger partial charge in [0.2, 0.25) is 5.54 Å². The van der Waals surface area contributed by atoms with Crippen molar-refractivity contribution >= 4 is 23.8 Å². The van der Waals surface area contributed by atoms with E-state index in [9.17, 15) is 22.8 Å². The Balaban J connectivity index is 2.90. The predicted molar refractivity (Wildman–Crippen MR) is 68.7 cm³/mol. The van der Waals surface area contributed by atoms with Gasteiger partial charge >= 0.3 is 18.2 Å². The first-order valence-electron chi connectivity index (χ1n) is 6.01. The van der Waals surface area contributed by atoms with E-state index in [2.05, 4.69) is 0 Å². The minimum absolute atomic E-state index is 0.0801. The fourth-order valence-electron chi connectivity index (χ4n) is 1.75. The average molecular weight is 314 g/mol. The molecule has 2 amide bonds. The molecule has 0 radical (unpaired) electrons. The van der Waals surface area contributed by atoms with E-state index in [4.69, 9.17) is 5.11 Å². The molecule has 1 rings (SSSR count). The first kappa shape index (κ1) is 16.9. The number of carbonyl (C=O) groups excluding carboxylic acids is 1. The Kier molecular flexibility index (Phi) is 4.83. The van der Waals surface area contributed by atoms with Gasteiger partial charge in [0, 0.05) is 23.6 Å². The summed E-state index contributed by atoms with van der Waals surface area (Å²) in [6.07, 6.45) is -5.08. The van der Waals surface area contributed by atoms with Crippen molar-refractivity contribution in [1.82, 2.24) is 10.2 Å². The Morgan fingerprint density at radius 2 is 1.90 bits per heavy atom. The third-order valence-corrected chi connectivity index (χ3v) is 4.83. The number of aliphatic carboxylic acids is 1. The molecule has 1 saturated heterocycles. The zero-order valence-corrected chi connectivity index (χ0v) is 12.1. The van der Waals surface area contributed by atoms with Gasteiger partial charge in [0.1, 0.15) is 0 Å². The van der Waals surface area contributed by atoms with Gasteiger partial charge < -0.3 is 15.3 Å². The van der Waals surface area contributed by atoms with Crippen LogP contribution in [-0.2, 0) is 4.79 Å². The lowest BCUT2D eigenvalue weighted by atomic mass is 10.0. The third-order valence-electron chi connectivity index (χ3n) is 3.50. The van der Waals surface area contributed by atoms with Gasteiger partial charge in [-0.3, -0.25) is 0 Å². The molecule has 9 heteroatoms. The molecule has 1 aliphatic rings. The Morgan fingerprint density at radius 1 is 1.35 bits per heavy atom. The first-order chi connectivity index (χ1) is 9.00. The van der Waals surface area contributed by atoms with Crippen LogP contribution in [0.5, 0.6) is 0 Å². The highest BCUT2D eigenvalue weighted by atomic mass is 32.2. The van der Waals surface area contributed by atoms with Crippen molar-refractivity contribution in [2.75, 3.05) is 12.3 Å². The van der Waals surface area contributed by atoms with Crippen LogP contribution in [0.2, 0.25) is 0 Å². The van der Waals surface area contributed by atoms with Gasteiger partial charge in [-0.05, 0) is 13.8 Å². The highest BCUT2D eigenvalue weighted by Crippen LogP contribution is 2.31. The van der Waals surface area contributed by atoms with Gasteiger partial charge in [-0.15, -0.1) is 0 Å². The van der Waals surface area contributed by atoms with Gasteiger partial charge in [-0.25, -0.2) is 9.59 Å². The standard InChI is InChI=1S/C11H17F3N2O3S/c1-6-7(2)20-5-4-16(6)9(19)15-10(3,8(17)18)11(12,13)14/h6-7H,4-5H2,1-3H3,(H,15,19)(H,17,18). The van der Waals surface area contributed by atoms with Crippen molar-refractivity contribution in [3.05, 3.63) is 0 Å². The van der Waals surface area contributed by atoms with Crippen LogP contribution in [0.4, 0.5) is 18.0 Å². The molecule has 0 aromatic rings. The number of rotatable bonds is 2. The normalized spacial score (nSPS) is 26.8. The second-order valence-electron chi connectivity index (χ2n) is 4.87. The number of alkyl halides is 3. The van der Waals surface area contributed by atoms with Crippen molar-refractivity contribution in [3.8, 4) is 0 Å². The highest BCUT2D eigenvalue weighted by molar-refractivity contribution is 8.00. The molecular formula is C11H17F3N2O3S. The van der Waals surface area contributed by atoms with Crippen molar-refractivity contribution in [3.63, 3.8) is 0 Å². The van der Waals surface area contributed by atoms with E-state index < -0.39 is 23.7 Å². The van der Waals surface area contributed by atoms with Gasteiger partial charge in [-0.1, -0.05) is 6.92 Å². The number of carbonyl (C=O) groups is 2. The van der Waals surface area contributed by atoms with Crippen molar-refractivity contribution in [2.24, 2.45) is 0 Å². The average Bonchev–Trinajstić information content (AvgIpc) is 2.30. The summed E-state index contributed by atoms with van der Waals surface area (Å²) in [5.41, 5.74) is -3.29. The molecule has 1 aliphatic heterocycles. The van der Waals surface area contributed by atoms with Crippen LogP contribution in [0.3, 0.4) is 0 Å². The quantitative estimate of drug-likeness (QED) is 0.817. The van der Waals surface area contributed by atoms with Crippen LogP contribution in [0.15, 0.2) is 0 Å². The van der Waals surface area contributed by atoms with Crippen LogP contribution >= 0.6 is 11.8 Å². The monoisotopic (exact) mass is 314 g/mol. The molecule has 0 aliphatic carbocycles. The van der Waals surface area contributed by atoms with Gasteiger partial charge in [0.25, 0.3) is 0 Å². The highest BCUT2D eigenvalue weighted by Gasteiger charge is 2.59. The van der Waals surface area contributed by atoms with Crippen LogP contribution in [0.25, 0.3) is 0 Å². The SMILES string of the molecule is CC1SCCN(C(=O)NC(C)(C(=O)O)C(F)(F)F)C1C. The summed E-state index contributed by atoms with van der Waals surface area (Å²) in [7, 11) is 0. The number of nitrogens with zero attached hydrogens (tertiary/aromatic N) is 1. The molecule has 1 heterocycles. The van der Waals surface area contributed by atoms with E-state index in [-0.39, 0.29) is 17.8 Å². The Morgan fingerprint density at radius 3 is 2.35 bits per heavy atom. The molecule has 0 aromatic heterocycles. The number of urea groups is 1. The van der Waals surface area contributed by atoms with Gasteiger partial charge in [0.15, 0.2) is 0 Å². The second kappa shape index (κ2) is 5.71. The van der Waals surface area contributed by atoms with Crippen LogP contribution in [0, 0.1) is 0 Å². The maximum absolute atomic E-state index is 12.8. The zero-order valence-electron chi connectivity index (χ0n) is 11.3. The van der Waals surface area contributed by atoms with Crippen molar-refractivity contribution in [2.45, 2.75) is 43.8 Å². The number of hydrogen-bond acceptors (Lipinski definition) is 3. The third kappa shape index (κ3) is 3.13. The number of halogens is 3. The zero-order chi connectivity index (χ0) is 15.7. The molecule has 5 nitrogen and oxygen atoms in total. The molecule has 0 aromatic carbocycles. The number of carboxylic acid groups (broad SMARTS) is 1. The van der Waals surface area contributed by atoms with E-state index in [1.807, 2.05) is 6.92 Å². The topological polar surface area (TPSA) is 69.6 Å². The summed E-state index contributed by atoms with van der Waals surface area (Å²) in [5.74, 6) is -1.53. The fourth-order valence-corrected chi connectivity index (χ4v) is 2.85. The number of carboxylic acids is 1. The number of nitrogens with one attached hydrogen (secondary N) is 1. The van der Waals surface area contributed by atoms with Crippen LogP contribution in [0.1, 0.15) is 20.8 Å². The van der Waals surface area contributed by atoms with E-state index in [1.165, 1.54) is 4.90 Å². The molecule has 0 bridgehead atoms. The van der Waals surface area contributed by atoms with E-state index in [0.717, 1.165) is 0 Å². The van der Waals surface area contributed by atoms with Gasteiger partial charge in [-0.2, -0.15) is 24.9 Å². The molecule has 0 saturated carbocycles. The van der Waals surface area contributed by atoms with Crippen LogP contribution in [-0.4, -0.2) is 57.3 Å². The maximum Gasteiger partial charge on any atom is 0.422 e. The van der Waals surface area contributed by atoms with E-state index in [0.29, 0.717) is 12.7 Å². The summed E-state index contributed by atoms with van der Waals surface area (Å²) in [4.78, 5) is 24.1. The molecule has 3 unspecified atom stereocenters. The number of hydrogen-bond donors (Lipinski definition) is 2. The summed E-state index contributed by atoms with van der Waals surface area (Å²) in [5, 5.41) is 10.5. The summed E-state index contributed by atoms with van der Waals surface area (Å²) < 4.78 is 38.5. The molecule has 3 atom stereocenters. The lowest BCUT2D eigenvalue weighted by Crippen LogP contribution is -2.65. The van der Waals surface area contributed by atoms with Gasteiger partial charge in [0.05, 0.1) is 0 Å². The molecule has 0 spiro atoms. The van der Waals surface area contributed by atoms with Crippen molar-refractivity contribution in [1.29, 1.82) is 0 Å². The minimum Gasteiger partial charge on any atom is -0.479 e. The minimum atomic E-state index is -5.08. The number of thioether (sulfide) groups is 1. The Bertz CT molecular complexity index is 405. The molecular weight excluding hydrogens is 297 g/mol. The molecule has 2 N–H and O–H groups in total. The lowest BCUT2D eigenvalue weighted by molar-refractivity contribution is -0.203. The fraction of sp³-hybridized carbons (Fsp3) is 0.818. The Labute approximate surface area is 118 Å². The Hall–Kier alpha value is -1.12. The summed E-state index contributed by atoms with van der Waals surface area (Å²) >= 11 is 1.62. The van der Waals surface area contributed by atoms with Crippen molar-refractivity contribution < 1.29 is 27.9 Å². The summed E-state index contributed by atoms with van der Waals surface area (Å²) in [6, 6.07) is -1.27. The molecule has 20 heavy (non-hydrogen) atoms. The van der Waals surface area contributed by atoms with E-state index in [1.54, 1.807) is 24.0 Å². The van der Waals surface area contributed by atoms with Crippen LogP contribution < -0.4 is 5.32 Å². The first-order valence-corrected chi connectivity index (χ1v) is 7.06. The number of amides is 2. The second-order valence-corrected chi connectivity index (χ2v) is 6.35. The summed E-state index contributed by atoms with van der Waals surface area (Å²) in [6.45, 7) is 4.33. The van der Waals surface area contributed by atoms with E-state index >= 15 is 0 Å².